The zero-order chi connectivity index (χ0) is 17.7. The number of sulfonamides is 1. The Morgan fingerprint density at radius 1 is 1.16 bits per heavy atom. The number of hydrogen-bond acceptors (Lipinski definition) is 5. The van der Waals surface area contributed by atoms with Crippen LogP contribution in [0.5, 0.6) is 0 Å². The lowest BCUT2D eigenvalue weighted by Gasteiger charge is -2.20. The monoisotopic (exact) mass is 357 g/mol. The molecule has 0 spiro atoms. The second-order valence-corrected chi connectivity index (χ2v) is 7.25. The molecule has 130 valence electrons. The number of nitrogens with zero attached hydrogens (tertiary/aromatic N) is 2. The fourth-order valence-corrected chi connectivity index (χ4v) is 3.12. The Balaban J connectivity index is 1.82. The van der Waals surface area contributed by atoms with E-state index in [1.54, 1.807) is 18.6 Å². The summed E-state index contributed by atoms with van der Waals surface area (Å²) in [6, 6.07) is 13.3. The van der Waals surface area contributed by atoms with Crippen LogP contribution in [0.15, 0.2) is 66.2 Å². The molecule has 0 radical (unpaired) electrons. The number of imidazole rings is 1. The van der Waals surface area contributed by atoms with Gasteiger partial charge in [-0.05, 0) is 18.1 Å². The predicted molar refractivity (Wildman–Crippen MR) is 95.5 cm³/mol. The first-order chi connectivity index (χ1) is 12.0. The summed E-state index contributed by atoms with van der Waals surface area (Å²) in [6.45, 7) is 0. The van der Waals surface area contributed by atoms with Gasteiger partial charge in [-0.25, -0.2) is 23.5 Å². The van der Waals surface area contributed by atoms with Gasteiger partial charge < -0.3 is 10.3 Å². The van der Waals surface area contributed by atoms with Gasteiger partial charge in [-0.3, -0.25) is 0 Å². The van der Waals surface area contributed by atoms with Gasteiger partial charge >= 0.3 is 0 Å². The van der Waals surface area contributed by atoms with E-state index in [0.29, 0.717) is 12.1 Å². The van der Waals surface area contributed by atoms with Crippen LogP contribution in [0.25, 0.3) is 0 Å². The first-order valence-corrected chi connectivity index (χ1v) is 9.32. The third-order valence-corrected chi connectivity index (χ3v) is 4.55. The smallest absolute Gasteiger partial charge is 0.255 e. The molecule has 3 rings (SSSR count). The third-order valence-electron chi connectivity index (χ3n) is 3.74. The molecule has 1 unspecified atom stereocenters. The molecule has 0 bridgehead atoms. The van der Waals surface area contributed by atoms with Crippen LogP contribution in [0.1, 0.15) is 11.3 Å². The molecule has 0 saturated heterocycles. The van der Waals surface area contributed by atoms with E-state index >= 15 is 0 Å². The lowest BCUT2D eigenvalue weighted by Crippen LogP contribution is -2.25. The maximum atomic E-state index is 11.5. The molecule has 0 aliphatic carbocycles. The zero-order valence-electron chi connectivity index (χ0n) is 13.5. The SMILES string of the molecule is NS(=O)(=O)c1cc(NC(Cc2ccccc2)Cc2cnc[nH]2)ccn1. The van der Waals surface area contributed by atoms with Crippen molar-refractivity contribution in [3.05, 3.63) is 72.4 Å². The van der Waals surface area contributed by atoms with Crippen LogP contribution in [0, 0.1) is 0 Å². The number of nitrogens with one attached hydrogen (secondary N) is 2. The number of nitrogens with two attached hydrogens (primary N) is 1. The lowest BCUT2D eigenvalue weighted by molar-refractivity contribution is 0.594. The van der Waals surface area contributed by atoms with Gasteiger partial charge in [0.2, 0.25) is 0 Å². The number of aromatic nitrogens is 3. The summed E-state index contributed by atoms with van der Waals surface area (Å²) in [5, 5.41) is 8.37. The Kier molecular flexibility index (Phi) is 5.11. The fraction of sp³-hybridized carbons (Fsp3) is 0.176. The Morgan fingerprint density at radius 2 is 1.96 bits per heavy atom. The molecule has 1 atom stereocenters. The van der Waals surface area contributed by atoms with E-state index < -0.39 is 10.0 Å². The molecule has 2 aromatic heterocycles. The average Bonchev–Trinajstić information content (AvgIpc) is 3.08. The highest BCUT2D eigenvalue weighted by molar-refractivity contribution is 7.89. The van der Waals surface area contributed by atoms with Crippen LogP contribution in [0.2, 0.25) is 0 Å². The Labute approximate surface area is 146 Å². The summed E-state index contributed by atoms with van der Waals surface area (Å²) < 4.78 is 23.0. The molecule has 4 N–H and O–H groups in total. The van der Waals surface area contributed by atoms with Crippen LogP contribution in [-0.2, 0) is 22.9 Å². The summed E-state index contributed by atoms with van der Waals surface area (Å²) in [5.74, 6) is 0. The minimum atomic E-state index is -3.84. The molecule has 8 heteroatoms. The molecule has 25 heavy (non-hydrogen) atoms. The highest BCUT2D eigenvalue weighted by Crippen LogP contribution is 2.16. The Hall–Kier alpha value is -2.71. The number of primary sulfonamides is 1. The van der Waals surface area contributed by atoms with Crippen molar-refractivity contribution < 1.29 is 8.42 Å². The zero-order valence-corrected chi connectivity index (χ0v) is 14.3. The maximum Gasteiger partial charge on any atom is 0.255 e. The van der Waals surface area contributed by atoms with Gasteiger partial charge in [-0.2, -0.15) is 0 Å². The van der Waals surface area contributed by atoms with E-state index in [-0.39, 0.29) is 11.1 Å². The topological polar surface area (TPSA) is 114 Å². The van der Waals surface area contributed by atoms with E-state index in [2.05, 4.69) is 32.4 Å². The van der Waals surface area contributed by atoms with Crippen molar-refractivity contribution in [3.63, 3.8) is 0 Å². The molecule has 7 nitrogen and oxygen atoms in total. The highest BCUT2D eigenvalue weighted by Gasteiger charge is 2.14. The van der Waals surface area contributed by atoms with Crippen molar-refractivity contribution in [1.29, 1.82) is 0 Å². The number of benzene rings is 1. The van der Waals surface area contributed by atoms with Gasteiger partial charge in [0.15, 0.2) is 5.03 Å². The number of rotatable bonds is 7. The number of aromatic amines is 1. The van der Waals surface area contributed by atoms with Gasteiger partial charge in [-0.15, -0.1) is 0 Å². The van der Waals surface area contributed by atoms with Crippen LogP contribution in [0.3, 0.4) is 0 Å². The first-order valence-electron chi connectivity index (χ1n) is 7.77. The molecular weight excluding hydrogens is 338 g/mol. The first kappa shape index (κ1) is 17.1. The van der Waals surface area contributed by atoms with Crippen LogP contribution < -0.4 is 10.5 Å². The van der Waals surface area contributed by atoms with Crippen molar-refractivity contribution >= 4 is 15.7 Å². The second kappa shape index (κ2) is 7.45. The van der Waals surface area contributed by atoms with Crippen molar-refractivity contribution in [1.82, 2.24) is 15.0 Å². The second-order valence-electron chi connectivity index (χ2n) is 5.74. The number of H-pyrrole nitrogens is 1. The minimum Gasteiger partial charge on any atom is -0.381 e. The van der Waals surface area contributed by atoms with E-state index in [4.69, 9.17) is 5.14 Å². The quantitative estimate of drug-likeness (QED) is 0.596. The summed E-state index contributed by atoms with van der Waals surface area (Å²) in [5.41, 5.74) is 2.83. The Morgan fingerprint density at radius 3 is 2.64 bits per heavy atom. The molecule has 0 aliphatic rings. The largest absolute Gasteiger partial charge is 0.381 e. The van der Waals surface area contributed by atoms with Crippen molar-refractivity contribution in [2.75, 3.05) is 5.32 Å². The third kappa shape index (κ3) is 4.88. The summed E-state index contributed by atoms with van der Waals surface area (Å²) in [7, 11) is -3.84. The molecule has 0 amide bonds. The minimum absolute atomic E-state index is 0.0404. The Bertz CT molecular complexity index is 911. The molecule has 3 aromatic rings. The standard InChI is InChI=1S/C17H19N5O2S/c18-25(23,24)17-10-14(6-7-20-17)22-15(9-16-11-19-12-21-16)8-13-4-2-1-3-5-13/h1-7,10-12,15H,8-9H2,(H,19,21)(H,20,22)(H2,18,23,24). The fourth-order valence-electron chi connectivity index (χ4n) is 2.63. The average molecular weight is 357 g/mol. The van der Waals surface area contributed by atoms with Gasteiger partial charge in [0, 0.05) is 42.3 Å². The molecule has 0 saturated carbocycles. The van der Waals surface area contributed by atoms with E-state index in [1.807, 2.05) is 18.2 Å². The summed E-state index contributed by atoms with van der Waals surface area (Å²) >= 11 is 0. The van der Waals surface area contributed by atoms with E-state index in [0.717, 1.165) is 12.1 Å². The van der Waals surface area contributed by atoms with Gasteiger partial charge in [0.1, 0.15) is 0 Å². The van der Waals surface area contributed by atoms with Crippen molar-refractivity contribution in [3.8, 4) is 0 Å². The van der Waals surface area contributed by atoms with Gasteiger partial charge in [-0.1, -0.05) is 30.3 Å². The number of hydrogen-bond donors (Lipinski definition) is 3. The molecule has 0 aliphatic heterocycles. The maximum absolute atomic E-state index is 11.5. The molecule has 2 heterocycles. The van der Waals surface area contributed by atoms with E-state index in [9.17, 15) is 8.42 Å². The number of pyridine rings is 1. The van der Waals surface area contributed by atoms with E-state index in [1.165, 1.54) is 17.8 Å². The lowest BCUT2D eigenvalue weighted by atomic mass is 10.0. The number of anilines is 1. The normalized spacial score (nSPS) is 12.7. The van der Waals surface area contributed by atoms with Crippen molar-refractivity contribution in [2.24, 2.45) is 5.14 Å². The van der Waals surface area contributed by atoms with Crippen LogP contribution in [0.4, 0.5) is 5.69 Å². The van der Waals surface area contributed by atoms with Crippen molar-refractivity contribution in [2.45, 2.75) is 23.9 Å². The predicted octanol–water partition coefficient (Wildman–Crippen LogP) is 1.72. The molecular formula is C17H19N5O2S. The van der Waals surface area contributed by atoms with Gasteiger partial charge in [0.25, 0.3) is 10.0 Å². The van der Waals surface area contributed by atoms with Crippen LogP contribution >= 0.6 is 0 Å². The summed E-state index contributed by atoms with van der Waals surface area (Å²) in [4.78, 5) is 11.0. The van der Waals surface area contributed by atoms with Gasteiger partial charge in [0.05, 0.1) is 6.33 Å². The molecule has 0 fully saturated rings. The molecule has 1 aromatic carbocycles. The van der Waals surface area contributed by atoms with Crippen LogP contribution in [-0.4, -0.2) is 29.4 Å². The summed E-state index contributed by atoms with van der Waals surface area (Å²) in [6.07, 6.45) is 6.33. The highest BCUT2D eigenvalue weighted by atomic mass is 32.2.